The maximum absolute atomic E-state index is 12.6. The van der Waals surface area contributed by atoms with Crippen LogP contribution < -0.4 is 10.6 Å². The molecule has 164 valence electrons. The second-order valence-electron chi connectivity index (χ2n) is 6.95. The molecule has 1 aromatic heterocycles. The molecule has 3 aromatic rings. The van der Waals surface area contributed by atoms with Gasteiger partial charge in [-0.3, -0.25) is 9.59 Å². The highest BCUT2D eigenvalue weighted by Crippen LogP contribution is 2.25. The van der Waals surface area contributed by atoms with Crippen LogP contribution in [0.4, 0.5) is 17.3 Å². The standard InChI is InChI=1S/C22H19Cl2N5O3/c23-16-2-1-3-17(24)20(16)21(30)28-19-12-18(25-13-26-19)27-15-6-4-14(5-7-15)22(31)29-8-10-32-11-9-29/h1-7,12-13H,8-11H2,(H2,25,26,27,28,30). The number of amides is 2. The molecule has 0 aliphatic carbocycles. The zero-order valence-corrected chi connectivity index (χ0v) is 18.4. The molecule has 8 nitrogen and oxygen atoms in total. The van der Waals surface area contributed by atoms with Crippen molar-refractivity contribution in [1.82, 2.24) is 14.9 Å². The molecule has 1 aliphatic heterocycles. The number of aromatic nitrogens is 2. The Bertz CT molecular complexity index is 1110. The molecule has 0 radical (unpaired) electrons. The van der Waals surface area contributed by atoms with E-state index in [-0.39, 0.29) is 27.3 Å². The molecule has 2 amide bonds. The third-order valence-electron chi connectivity index (χ3n) is 4.80. The zero-order valence-electron chi connectivity index (χ0n) is 16.8. The highest BCUT2D eigenvalue weighted by atomic mass is 35.5. The lowest BCUT2D eigenvalue weighted by atomic mass is 10.1. The Hall–Kier alpha value is -3.20. The summed E-state index contributed by atoms with van der Waals surface area (Å²) in [6.07, 6.45) is 1.32. The Morgan fingerprint density at radius 2 is 1.59 bits per heavy atom. The third-order valence-corrected chi connectivity index (χ3v) is 5.43. The molecular weight excluding hydrogens is 453 g/mol. The van der Waals surface area contributed by atoms with Gasteiger partial charge in [0.1, 0.15) is 18.0 Å². The number of anilines is 3. The number of ether oxygens (including phenoxy) is 1. The zero-order chi connectivity index (χ0) is 22.5. The number of nitrogens with zero attached hydrogens (tertiary/aromatic N) is 3. The molecule has 2 N–H and O–H groups in total. The van der Waals surface area contributed by atoms with E-state index in [1.807, 2.05) is 0 Å². The molecule has 10 heteroatoms. The Labute approximate surface area is 194 Å². The molecule has 0 atom stereocenters. The summed E-state index contributed by atoms with van der Waals surface area (Å²) in [6, 6.07) is 13.5. The highest BCUT2D eigenvalue weighted by molar-refractivity contribution is 6.40. The Morgan fingerprint density at radius 1 is 0.938 bits per heavy atom. The minimum atomic E-state index is -0.476. The summed E-state index contributed by atoms with van der Waals surface area (Å²) in [6.45, 7) is 2.29. The molecule has 1 saturated heterocycles. The number of rotatable bonds is 5. The first kappa shape index (κ1) is 22.0. The average Bonchev–Trinajstić information content (AvgIpc) is 2.80. The third kappa shape index (κ3) is 5.16. The van der Waals surface area contributed by atoms with Crippen LogP contribution in [0.25, 0.3) is 0 Å². The number of carbonyl (C=O) groups is 2. The van der Waals surface area contributed by atoms with Crippen molar-refractivity contribution < 1.29 is 14.3 Å². The second kappa shape index (κ2) is 9.95. The quantitative estimate of drug-likeness (QED) is 0.577. The lowest BCUT2D eigenvalue weighted by Gasteiger charge is -2.26. The minimum Gasteiger partial charge on any atom is -0.378 e. The predicted molar refractivity (Wildman–Crippen MR) is 123 cm³/mol. The van der Waals surface area contributed by atoms with Gasteiger partial charge in [-0.05, 0) is 36.4 Å². The summed E-state index contributed by atoms with van der Waals surface area (Å²) >= 11 is 12.2. The predicted octanol–water partition coefficient (Wildman–Crippen LogP) is 4.25. The molecule has 4 rings (SSSR count). The number of nitrogens with one attached hydrogen (secondary N) is 2. The number of halogens is 2. The van der Waals surface area contributed by atoms with Gasteiger partial charge in [0.25, 0.3) is 11.8 Å². The summed E-state index contributed by atoms with van der Waals surface area (Å²) in [5, 5.41) is 6.28. The van der Waals surface area contributed by atoms with E-state index < -0.39 is 5.91 Å². The van der Waals surface area contributed by atoms with Crippen LogP contribution in [0.2, 0.25) is 10.0 Å². The van der Waals surface area contributed by atoms with Gasteiger partial charge >= 0.3 is 0 Å². The van der Waals surface area contributed by atoms with E-state index in [0.717, 1.165) is 5.69 Å². The van der Waals surface area contributed by atoms with Gasteiger partial charge in [-0.1, -0.05) is 29.3 Å². The maximum atomic E-state index is 12.6. The fourth-order valence-electron chi connectivity index (χ4n) is 3.18. The number of hydrogen-bond acceptors (Lipinski definition) is 6. The fourth-order valence-corrected chi connectivity index (χ4v) is 3.75. The molecule has 32 heavy (non-hydrogen) atoms. The van der Waals surface area contributed by atoms with Crippen molar-refractivity contribution in [1.29, 1.82) is 0 Å². The molecule has 2 heterocycles. The van der Waals surface area contributed by atoms with Gasteiger partial charge in [0.05, 0.1) is 28.8 Å². The van der Waals surface area contributed by atoms with E-state index in [2.05, 4.69) is 20.6 Å². The van der Waals surface area contributed by atoms with E-state index in [4.69, 9.17) is 27.9 Å². The van der Waals surface area contributed by atoms with E-state index in [9.17, 15) is 9.59 Å². The van der Waals surface area contributed by atoms with Crippen LogP contribution in [0.15, 0.2) is 54.9 Å². The molecule has 0 unspecified atom stereocenters. The molecule has 0 spiro atoms. The highest BCUT2D eigenvalue weighted by Gasteiger charge is 2.18. The summed E-state index contributed by atoms with van der Waals surface area (Å²) < 4.78 is 5.29. The first-order chi connectivity index (χ1) is 15.5. The number of benzene rings is 2. The van der Waals surface area contributed by atoms with Crippen LogP contribution in [0.1, 0.15) is 20.7 Å². The molecule has 1 fully saturated rings. The lowest BCUT2D eigenvalue weighted by molar-refractivity contribution is 0.0303. The van der Waals surface area contributed by atoms with Crippen LogP contribution in [0.3, 0.4) is 0 Å². The van der Waals surface area contributed by atoms with Crippen LogP contribution in [-0.2, 0) is 4.74 Å². The topological polar surface area (TPSA) is 96.5 Å². The van der Waals surface area contributed by atoms with Crippen LogP contribution in [0.5, 0.6) is 0 Å². The van der Waals surface area contributed by atoms with Gasteiger partial charge in [-0.15, -0.1) is 0 Å². The van der Waals surface area contributed by atoms with E-state index in [1.165, 1.54) is 6.33 Å². The molecule has 2 aromatic carbocycles. The monoisotopic (exact) mass is 471 g/mol. The normalized spacial score (nSPS) is 13.5. The van der Waals surface area contributed by atoms with Gasteiger partial charge in [-0.25, -0.2) is 9.97 Å². The molecule has 0 bridgehead atoms. The Balaban J connectivity index is 1.42. The number of morpholine rings is 1. The van der Waals surface area contributed by atoms with Crippen molar-refractivity contribution in [3.63, 3.8) is 0 Å². The van der Waals surface area contributed by atoms with Crippen LogP contribution in [-0.4, -0.2) is 53.0 Å². The molecular formula is C22H19Cl2N5O3. The van der Waals surface area contributed by atoms with Crippen LogP contribution in [0, 0.1) is 0 Å². The summed E-state index contributed by atoms with van der Waals surface area (Å²) in [7, 11) is 0. The summed E-state index contributed by atoms with van der Waals surface area (Å²) in [5.74, 6) is 0.247. The largest absolute Gasteiger partial charge is 0.378 e. The Morgan fingerprint density at radius 3 is 2.28 bits per heavy atom. The average molecular weight is 472 g/mol. The minimum absolute atomic E-state index is 0.0230. The number of hydrogen-bond donors (Lipinski definition) is 2. The first-order valence-corrected chi connectivity index (χ1v) is 10.6. The fraction of sp³-hybridized carbons (Fsp3) is 0.182. The Kier molecular flexibility index (Phi) is 6.84. The van der Waals surface area contributed by atoms with Crippen molar-refractivity contribution in [2.45, 2.75) is 0 Å². The summed E-state index contributed by atoms with van der Waals surface area (Å²) in [5.41, 5.74) is 1.50. The van der Waals surface area contributed by atoms with Crippen molar-refractivity contribution >= 4 is 52.3 Å². The van der Waals surface area contributed by atoms with Crippen molar-refractivity contribution in [3.8, 4) is 0 Å². The van der Waals surface area contributed by atoms with E-state index >= 15 is 0 Å². The van der Waals surface area contributed by atoms with Crippen molar-refractivity contribution in [2.24, 2.45) is 0 Å². The van der Waals surface area contributed by atoms with Crippen LogP contribution >= 0.6 is 23.2 Å². The lowest BCUT2D eigenvalue weighted by Crippen LogP contribution is -2.40. The second-order valence-corrected chi connectivity index (χ2v) is 7.76. The van der Waals surface area contributed by atoms with Gasteiger partial charge in [0.2, 0.25) is 0 Å². The van der Waals surface area contributed by atoms with E-state index in [1.54, 1.807) is 53.4 Å². The number of carbonyl (C=O) groups excluding carboxylic acids is 2. The first-order valence-electron chi connectivity index (χ1n) is 9.83. The maximum Gasteiger partial charge on any atom is 0.259 e. The molecule has 0 saturated carbocycles. The van der Waals surface area contributed by atoms with Crippen molar-refractivity contribution in [2.75, 3.05) is 36.9 Å². The van der Waals surface area contributed by atoms with E-state index in [0.29, 0.717) is 37.7 Å². The van der Waals surface area contributed by atoms with Gasteiger partial charge < -0.3 is 20.3 Å². The summed E-state index contributed by atoms with van der Waals surface area (Å²) in [4.78, 5) is 35.1. The van der Waals surface area contributed by atoms with Gasteiger partial charge in [0, 0.05) is 30.4 Å². The smallest absolute Gasteiger partial charge is 0.259 e. The van der Waals surface area contributed by atoms with Crippen molar-refractivity contribution in [3.05, 3.63) is 76.0 Å². The molecule has 1 aliphatic rings. The van der Waals surface area contributed by atoms with Gasteiger partial charge in [0.15, 0.2) is 0 Å². The SMILES string of the molecule is O=C(Nc1cc(Nc2ccc(C(=O)N3CCOCC3)cc2)ncn1)c1c(Cl)cccc1Cl. The van der Waals surface area contributed by atoms with Gasteiger partial charge in [-0.2, -0.15) is 0 Å².